The monoisotopic (exact) mass is 207 g/mol. The van der Waals surface area contributed by atoms with E-state index in [9.17, 15) is 4.79 Å². The Morgan fingerprint density at radius 3 is 2.93 bits per heavy atom. The van der Waals surface area contributed by atoms with Gasteiger partial charge in [-0.1, -0.05) is 0 Å². The van der Waals surface area contributed by atoms with Crippen LogP contribution < -0.4 is 0 Å². The molecule has 1 aromatic heterocycles. The topological polar surface area (TPSA) is 48.4 Å². The lowest BCUT2D eigenvalue weighted by Crippen LogP contribution is -2.15. The van der Waals surface area contributed by atoms with E-state index in [4.69, 9.17) is 9.47 Å². The zero-order valence-corrected chi connectivity index (χ0v) is 8.60. The first-order valence-corrected chi connectivity index (χ1v) is 4.94. The van der Waals surface area contributed by atoms with Crippen molar-refractivity contribution in [2.45, 2.75) is 19.6 Å². The van der Waals surface area contributed by atoms with Crippen LogP contribution in [0.5, 0.6) is 0 Å². The molecule has 0 spiro atoms. The minimum absolute atomic E-state index is 0.0208. The summed E-state index contributed by atoms with van der Waals surface area (Å²) in [5, 5.41) is 0. The summed E-state index contributed by atoms with van der Waals surface area (Å²) in [4.78, 5) is 15.8. The van der Waals surface area contributed by atoms with Gasteiger partial charge in [0.05, 0.1) is 19.6 Å². The molecular formula is C11H13NO3. The molecule has 0 aliphatic carbocycles. The lowest BCUT2D eigenvalue weighted by Gasteiger charge is -2.08. The normalized spacial score (nSPS) is 16.9. The molecule has 1 aliphatic heterocycles. The van der Waals surface area contributed by atoms with Crippen molar-refractivity contribution in [3.63, 3.8) is 0 Å². The Balaban J connectivity index is 2.04. The Kier molecular flexibility index (Phi) is 3.08. The van der Waals surface area contributed by atoms with Crippen molar-refractivity contribution in [2.75, 3.05) is 13.2 Å². The Morgan fingerprint density at radius 2 is 2.27 bits per heavy atom. The molecule has 1 saturated heterocycles. The van der Waals surface area contributed by atoms with E-state index in [1.54, 1.807) is 12.4 Å². The minimum Gasteiger partial charge on any atom is -0.350 e. The van der Waals surface area contributed by atoms with Gasteiger partial charge in [0, 0.05) is 18.0 Å². The van der Waals surface area contributed by atoms with E-state index < -0.39 is 0 Å². The van der Waals surface area contributed by atoms with Gasteiger partial charge < -0.3 is 9.47 Å². The quantitative estimate of drug-likeness (QED) is 0.702. The molecule has 2 heterocycles. The fraction of sp³-hybridized carbons (Fsp3) is 0.455. The molecule has 4 heteroatoms. The molecule has 15 heavy (non-hydrogen) atoms. The molecule has 80 valence electrons. The number of hydrogen-bond acceptors (Lipinski definition) is 4. The predicted octanol–water partition coefficient (Wildman–Crippen LogP) is 1.34. The fourth-order valence-corrected chi connectivity index (χ4v) is 1.54. The van der Waals surface area contributed by atoms with Crippen molar-refractivity contribution in [2.24, 2.45) is 0 Å². The van der Waals surface area contributed by atoms with Crippen molar-refractivity contribution in [1.82, 2.24) is 4.98 Å². The molecule has 1 aromatic rings. The van der Waals surface area contributed by atoms with Crippen LogP contribution in [0, 0.1) is 6.92 Å². The average molecular weight is 207 g/mol. The second-order valence-electron chi connectivity index (χ2n) is 3.49. The minimum atomic E-state index is -0.378. The van der Waals surface area contributed by atoms with Crippen LogP contribution in [0.25, 0.3) is 0 Å². The smallest absolute Gasteiger partial charge is 0.169 e. The molecule has 4 nitrogen and oxygen atoms in total. The molecule has 0 N–H and O–H groups in total. The van der Waals surface area contributed by atoms with Gasteiger partial charge in [0.1, 0.15) is 0 Å². The summed E-state index contributed by atoms with van der Waals surface area (Å²) in [5.74, 6) is 0.0208. The zero-order chi connectivity index (χ0) is 10.7. The molecular weight excluding hydrogens is 194 g/mol. The van der Waals surface area contributed by atoms with Gasteiger partial charge >= 0.3 is 0 Å². The summed E-state index contributed by atoms with van der Waals surface area (Å²) < 4.78 is 10.4. The average Bonchev–Trinajstić information content (AvgIpc) is 2.71. The first-order valence-electron chi connectivity index (χ1n) is 4.94. The Morgan fingerprint density at radius 1 is 1.53 bits per heavy atom. The van der Waals surface area contributed by atoms with Crippen LogP contribution >= 0.6 is 0 Å². The largest absolute Gasteiger partial charge is 0.350 e. The molecule has 0 amide bonds. The van der Waals surface area contributed by atoms with Gasteiger partial charge in [0.2, 0.25) is 0 Å². The van der Waals surface area contributed by atoms with Gasteiger partial charge in [0.15, 0.2) is 12.1 Å². The molecule has 1 aliphatic rings. The van der Waals surface area contributed by atoms with Crippen molar-refractivity contribution < 1.29 is 14.3 Å². The van der Waals surface area contributed by atoms with E-state index in [0.29, 0.717) is 18.8 Å². The van der Waals surface area contributed by atoms with Gasteiger partial charge in [0.25, 0.3) is 0 Å². The zero-order valence-electron chi connectivity index (χ0n) is 8.60. The van der Waals surface area contributed by atoms with Gasteiger partial charge in [-0.2, -0.15) is 0 Å². The highest BCUT2D eigenvalue weighted by molar-refractivity contribution is 5.97. The van der Waals surface area contributed by atoms with Crippen LogP contribution in [0.1, 0.15) is 22.3 Å². The summed E-state index contributed by atoms with van der Waals surface area (Å²) >= 11 is 0. The van der Waals surface area contributed by atoms with Crippen LogP contribution in [0.15, 0.2) is 18.5 Å². The molecule has 0 saturated carbocycles. The highest BCUT2D eigenvalue weighted by Gasteiger charge is 2.21. The number of ketones is 1. The van der Waals surface area contributed by atoms with Crippen LogP contribution in [0.4, 0.5) is 0 Å². The van der Waals surface area contributed by atoms with E-state index in [-0.39, 0.29) is 18.5 Å². The molecule has 2 rings (SSSR count). The third-order valence-electron chi connectivity index (χ3n) is 2.38. The highest BCUT2D eigenvalue weighted by atomic mass is 16.7. The second-order valence-corrected chi connectivity index (χ2v) is 3.49. The lowest BCUT2D eigenvalue weighted by atomic mass is 10.1. The predicted molar refractivity (Wildman–Crippen MR) is 53.6 cm³/mol. The molecule has 0 atom stereocenters. The summed E-state index contributed by atoms with van der Waals surface area (Å²) in [6.07, 6.45) is 3.16. The lowest BCUT2D eigenvalue weighted by molar-refractivity contribution is -0.0407. The summed E-state index contributed by atoms with van der Waals surface area (Å²) in [7, 11) is 0. The standard InChI is InChI=1S/C11H13NO3/c1-8-2-3-12-7-9(8)10(13)6-11-14-4-5-15-11/h2-3,7,11H,4-6H2,1H3. The SMILES string of the molecule is Cc1ccncc1C(=O)CC1OCCO1. The maximum atomic E-state index is 11.8. The van der Waals surface area contributed by atoms with Crippen LogP contribution in [0.2, 0.25) is 0 Å². The number of aromatic nitrogens is 1. The van der Waals surface area contributed by atoms with Gasteiger partial charge in [-0.05, 0) is 18.6 Å². The van der Waals surface area contributed by atoms with Crippen molar-refractivity contribution >= 4 is 5.78 Å². The number of carbonyl (C=O) groups is 1. The van der Waals surface area contributed by atoms with E-state index >= 15 is 0 Å². The molecule has 1 fully saturated rings. The van der Waals surface area contributed by atoms with E-state index in [1.165, 1.54) is 0 Å². The Hall–Kier alpha value is -1.26. The van der Waals surface area contributed by atoms with E-state index in [2.05, 4.69) is 4.98 Å². The van der Waals surface area contributed by atoms with Crippen molar-refractivity contribution in [3.8, 4) is 0 Å². The Labute approximate surface area is 88.2 Å². The third-order valence-corrected chi connectivity index (χ3v) is 2.38. The second kappa shape index (κ2) is 4.51. The maximum Gasteiger partial charge on any atom is 0.169 e. The van der Waals surface area contributed by atoms with Crippen molar-refractivity contribution in [3.05, 3.63) is 29.6 Å². The first kappa shape index (κ1) is 10.3. The van der Waals surface area contributed by atoms with Gasteiger partial charge in [-0.15, -0.1) is 0 Å². The third kappa shape index (κ3) is 2.40. The number of aryl methyl sites for hydroxylation is 1. The fourth-order valence-electron chi connectivity index (χ4n) is 1.54. The molecule has 0 unspecified atom stereocenters. The summed E-state index contributed by atoms with van der Waals surface area (Å²) in [6, 6.07) is 1.82. The summed E-state index contributed by atoms with van der Waals surface area (Å²) in [5.41, 5.74) is 1.59. The van der Waals surface area contributed by atoms with Crippen LogP contribution in [-0.2, 0) is 9.47 Å². The van der Waals surface area contributed by atoms with Gasteiger partial charge in [-0.3, -0.25) is 9.78 Å². The number of nitrogens with zero attached hydrogens (tertiary/aromatic N) is 1. The number of carbonyl (C=O) groups excluding carboxylic acids is 1. The number of rotatable bonds is 3. The maximum absolute atomic E-state index is 11.8. The number of hydrogen-bond donors (Lipinski definition) is 0. The van der Waals surface area contributed by atoms with E-state index in [1.807, 2.05) is 13.0 Å². The molecule has 0 radical (unpaired) electrons. The van der Waals surface area contributed by atoms with Crippen LogP contribution in [-0.4, -0.2) is 30.3 Å². The number of Topliss-reactive ketones (excluding diaryl/α,β-unsaturated/α-hetero) is 1. The highest BCUT2D eigenvalue weighted by Crippen LogP contribution is 2.14. The summed E-state index contributed by atoms with van der Waals surface area (Å²) in [6.45, 7) is 3.04. The van der Waals surface area contributed by atoms with Gasteiger partial charge in [-0.25, -0.2) is 0 Å². The van der Waals surface area contributed by atoms with Crippen molar-refractivity contribution in [1.29, 1.82) is 0 Å². The van der Waals surface area contributed by atoms with E-state index in [0.717, 1.165) is 5.56 Å². The molecule has 0 bridgehead atoms. The first-order chi connectivity index (χ1) is 7.27. The molecule has 0 aromatic carbocycles. The number of ether oxygens (including phenoxy) is 2. The Bertz CT molecular complexity index is 359. The number of pyridine rings is 1. The van der Waals surface area contributed by atoms with Crippen LogP contribution in [0.3, 0.4) is 0 Å².